The SMILES string of the molecule is OC[C@@H]1CC[C@H]2[C@@H](O)[C@@H](O)[C@@H](O)CN12. The Morgan fingerprint density at radius 2 is 1.79 bits per heavy atom. The van der Waals surface area contributed by atoms with E-state index in [4.69, 9.17) is 5.11 Å². The Kier molecular flexibility index (Phi) is 2.77. The second-order valence-electron chi connectivity index (χ2n) is 4.23. The third-order valence-corrected chi connectivity index (χ3v) is 3.44. The molecule has 0 aliphatic carbocycles. The number of aliphatic hydroxyl groups excluding tert-OH is 4. The molecule has 2 fully saturated rings. The van der Waals surface area contributed by atoms with Crippen LogP contribution in [0.4, 0.5) is 0 Å². The predicted octanol–water partition coefficient (Wildman–Crippen LogP) is -2.09. The summed E-state index contributed by atoms with van der Waals surface area (Å²) in [5.74, 6) is 0. The third-order valence-electron chi connectivity index (χ3n) is 3.44. The van der Waals surface area contributed by atoms with E-state index in [1.807, 2.05) is 4.90 Å². The quantitative estimate of drug-likeness (QED) is 0.393. The van der Waals surface area contributed by atoms with Crippen LogP contribution in [0.5, 0.6) is 0 Å². The first-order valence-electron chi connectivity index (χ1n) is 5.06. The van der Waals surface area contributed by atoms with Gasteiger partial charge in [-0.2, -0.15) is 0 Å². The molecule has 4 N–H and O–H groups in total. The zero-order valence-corrected chi connectivity index (χ0v) is 7.95. The van der Waals surface area contributed by atoms with Crippen molar-refractivity contribution in [2.45, 2.75) is 43.2 Å². The molecule has 0 spiro atoms. The van der Waals surface area contributed by atoms with Gasteiger partial charge in [-0.15, -0.1) is 0 Å². The monoisotopic (exact) mass is 203 g/mol. The van der Waals surface area contributed by atoms with Crippen LogP contribution in [0.15, 0.2) is 0 Å². The highest BCUT2D eigenvalue weighted by Gasteiger charge is 2.46. The van der Waals surface area contributed by atoms with Gasteiger partial charge in [0.25, 0.3) is 0 Å². The third kappa shape index (κ3) is 1.45. The van der Waals surface area contributed by atoms with Gasteiger partial charge in [-0.3, -0.25) is 4.90 Å². The van der Waals surface area contributed by atoms with Crippen LogP contribution in [0, 0.1) is 0 Å². The maximum Gasteiger partial charge on any atom is 0.108 e. The fourth-order valence-corrected chi connectivity index (χ4v) is 2.59. The topological polar surface area (TPSA) is 84.2 Å². The number of piperidine rings is 1. The summed E-state index contributed by atoms with van der Waals surface area (Å²) in [6, 6.07) is -0.0812. The zero-order valence-electron chi connectivity index (χ0n) is 7.95. The Morgan fingerprint density at radius 3 is 2.43 bits per heavy atom. The summed E-state index contributed by atoms with van der Waals surface area (Å²) in [6.45, 7) is 0.389. The molecule has 0 aromatic heterocycles. The highest BCUT2D eigenvalue weighted by Crippen LogP contribution is 2.31. The van der Waals surface area contributed by atoms with Gasteiger partial charge in [0.05, 0.1) is 18.8 Å². The van der Waals surface area contributed by atoms with Crippen molar-refractivity contribution in [3.8, 4) is 0 Å². The fourth-order valence-electron chi connectivity index (χ4n) is 2.59. The molecule has 0 amide bonds. The number of aliphatic hydroxyl groups is 4. The van der Waals surface area contributed by atoms with Gasteiger partial charge >= 0.3 is 0 Å². The Hall–Kier alpha value is -0.200. The lowest BCUT2D eigenvalue weighted by Crippen LogP contribution is -2.60. The summed E-state index contributed by atoms with van der Waals surface area (Å²) in [4.78, 5) is 1.90. The van der Waals surface area contributed by atoms with Crippen molar-refractivity contribution in [3.63, 3.8) is 0 Å². The minimum absolute atomic E-state index is 0.0248. The lowest BCUT2D eigenvalue weighted by Gasteiger charge is -2.42. The summed E-state index contributed by atoms with van der Waals surface area (Å²) in [5.41, 5.74) is 0. The van der Waals surface area contributed by atoms with Crippen LogP contribution in [-0.4, -0.2) is 68.9 Å². The molecular weight excluding hydrogens is 186 g/mol. The molecule has 5 heteroatoms. The molecule has 2 heterocycles. The van der Waals surface area contributed by atoms with E-state index in [9.17, 15) is 15.3 Å². The maximum absolute atomic E-state index is 9.70. The van der Waals surface area contributed by atoms with Gasteiger partial charge in [-0.1, -0.05) is 0 Å². The van der Waals surface area contributed by atoms with E-state index in [1.165, 1.54) is 0 Å². The normalized spacial score (nSPS) is 49.3. The molecule has 2 saturated heterocycles. The molecule has 82 valence electrons. The summed E-state index contributed by atoms with van der Waals surface area (Å²) in [6.07, 6.45) is -1.26. The molecule has 0 saturated carbocycles. The second kappa shape index (κ2) is 3.75. The van der Waals surface area contributed by atoms with Crippen molar-refractivity contribution in [3.05, 3.63) is 0 Å². The van der Waals surface area contributed by atoms with Crippen LogP contribution in [0.25, 0.3) is 0 Å². The Balaban J connectivity index is 2.11. The standard InChI is InChI=1S/C9H17NO4/c11-4-5-1-2-6-8(13)9(14)7(12)3-10(5)6/h5-9,11-14H,1-4H2/t5-,6-,7-,8+,9-/m0/s1. The van der Waals surface area contributed by atoms with E-state index in [1.54, 1.807) is 0 Å². The predicted molar refractivity (Wildman–Crippen MR) is 48.6 cm³/mol. The minimum atomic E-state index is -1.05. The molecule has 5 nitrogen and oxygen atoms in total. The van der Waals surface area contributed by atoms with Gasteiger partial charge in [-0.25, -0.2) is 0 Å². The van der Waals surface area contributed by atoms with Gasteiger partial charge in [-0.05, 0) is 12.8 Å². The second-order valence-corrected chi connectivity index (χ2v) is 4.23. The van der Waals surface area contributed by atoms with Crippen molar-refractivity contribution < 1.29 is 20.4 Å². The summed E-state index contributed by atoms with van der Waals surface area (Å²) < 4.78 is 0. The molecule has 2 aliphatic heterocycles. The minimum Gasteiger partial charge on any atom is -0.395 e. The van der Waals surface area contributed by atoms with Crippen LogP contribution in [-0.2, 0) is 0 Å². The van der Waals surface area contributed by atoms with Crippen molar-refractivity contribution in [1.82, 2.24) is 4.90 Å². The smallest absolute Gasteiger partial charge is 0.108 e. The number of hydrogen-bond donors (Lipinski definition) is 4. The highest BCUT2D eigenvalue weighted by molar-refractivity contribution is 5.00. The molecule has 2 aliphatic rings. The lowest BCUT2D eigenvalue weighted by molar-refractivity contribution is -0.135. The molecule has 2 rings (SSSR count). The van der Waals surface area contributed by atoms with Crippen LogP contribution in [0.3, 0.4) is 0 Å². The van der Waals surface area contributed by atoms with Crippen molar-refractivity contribution >= 4 is 0 Å². The molecule has 0 unspecified atom stereocenters. The number of fused-ring (bicyclic) bond motifs is 1. The summed E-state index contributed by atoms with van der Waals surface area (Å²) >= 11 is 0. The average Bonchev–Trinajstić information content (AvgIpc) is 2.57. The molecule has 5 atom stereocenters. The van der Waals surface area contributed by atoms with E-state index >= 15 is 0 Å². The van der Waals surface area contributed by atoms with E-state index in [0.29, 0.717) is 6.54 Å². The first-order chi connectivity index (χ1) is 6.65. The van der Waals surface area contributed by atoms with Gasteiger partial charge in [0.2, 0.25) is 0 Å². The Labute approximate surface area is 82.6 Å². The number of hydrogen-bond acceptors (Lipinski definition) is 5. The first kappa shape index (κ1) is 10.3. The maximum atomic E-state index is 9.70. The van der Waals surface area contributed by atoms with E-state index < -0.39 is 18.3 Å². The van der Waals surface area contributed by atoms with Crippen molar-refractivity contribution in [2.75, 3.05) is 13.2 Å². The lowest BCUT2D eigenvalue weighted by atomic mass is 9.94. The molecule has 0 aromatic carbocycles. The van der Waals surface area contributed by atoms with Crippen LogP contribution < -0.4 is 0 Å². The van der Waals surface area contributed by atoms with E-state index in [0.717, 1.165) is 12.8 Å². The highest BCUT2D eigenvalue weighted by atomic mass is 16.4. The zero-order chi connectivity index (χ0) is 10.3. The summed E-state index contributed by atoms with van der Waals surface area (Å²) in [7, 11) is 0. The van der Waals surface area contributed by atoms with Crippen molar-refractivity contribution in [2.24, 2.45) is 0 Å². The van der Waals surface area contributed by atoms with E-state index in [-0.39, 0.29) is 18.7 Å². The van der Waals surface area contributed by atoms with Crippen molar-refractivity contribution in [1.29, 1.82) is 0 Å². The van der Waals surface area contributed by atoms with Gasteiger partial charge in [0, 0.05) is 18.6 Å². The van der Waals surface area contributed by atoms with E-state index in [2.05, 4.69) is 0 Å². The fraction of sp³-hybridized carbons (Fsp3) is 1.00. The van der Waals surface area contributed by atoms with Gasteiger partial charge < -0.3 is 20.4 Å². The molecule has 0 radical (unpaired) electrons. The van der Waals surface area contributed by atoms with Gasteiger partial charge in [0.1, 0.15) is 6.10 Å². The molecule has 0 aromatic rings. The number of nitrogens with zero attached hydrogens (tertiary/aromatic N) is 1. The Bertz CT molecular complexity index is 213. The number of rotatable bonds is 1. The Morgan fingerprint density at radius 1 is 1.07 bits per heavy atom. The molecule has 0 bridgehead atoms. The van der Waals surface area contributed by atoms with Crippen LogP contribution in [0.2, 0.25) is 0 Å². The largest absolute Gasteiger partial charge is 0.395 e. The first-order valence-corrected chi connectivity index (χ1v) is 5.06. The molecular formula is C9H17NO4. The average molecular weight is 203 g/mol. The van der Waals surface area contributed by atoms with Crippen LogP contribution >= 0.6 is 0 Å². The van der Waals surface area contributed by atoms with Gasteiger partial charge in [0.15, 0.2) is 0 Å². The molecule has 14 heavy (non-hydrogen) atoms. The van der Waals surface area contributed by atoms with Crippen LogP contribution in [0.1, 0.15) is 12.8 Å². The summed E-state index contributed by atoms with van der Waals surface area (Å²) in [5, 5.41) is 37.7.